The van der Waals surface area contributed by atoms with Crippen molar-refractivity contribution in [3.05, 3.63) is 28.8 Å². The smallest absolute Gasteiger partial charge is 0.255 e. The van der Waals surface area contributed by atoms with Crippen LogP contribution in [0.15, 0.2) is 18.2 Å². The molecule has 0 spiro atoms. The standard InChI is InChI=1S/C12H15BrClNO2/c1-2-9(5-6-13)15-12(17)10-7-8(14)3-4-11(10)16/h3-4,7,9,16H,2,5-6H2,1H3,(H,15,17). The molecule has 0 aliphatic heterocycles. The van der Waals surface area contributed by atoms with Crippen molar-refractivity contribution in [1.29, 1.82) is 0 Å². The Labute approximate surface area is 114 Å². The van der Waals surface area contributed by atoms with E-state index >= 15 is 0 Å². The Balaban J connectivity index is 2.78. The highest BCUT2D eigenvalue weighted by molar-refractivity contribution is 9.09. The van der Waals surface area contributed by atoms with E-state index in [2.05, 4.69) is 21.2 Å². The molecule has 0 heterocycles. The molecule has 1 amide bonds. The van der Waals surface area contributed by atoms with Gasteiger partial charge in [-0.05, 0) is 31.0 Å². The minimum absolute atomic E-state index is 0.0550. The first-order valence-corrected chi connectivity index (χ1v) is 6.93. The number of phenolic OH excluding ortho intramolecular Hbond substituents is 1. The Morgan fingerprint density at radius 3 is 2.88 bits per heavy atom. The number of hydrogen-bond acceptors (Lipinski definition) is 2. The van der Waals surface area contributed by atoms with Crippen LogP contribution in [0.5, 0.6) is 5.75 Å². The summed E-state index contributed by atoms with van der Waals surface area (Å²) in [7, 11) is 0. The topological polar surface area (TPSA) is 49.3 Å². The van der Waals surface area contributed by atoms with Gasteiger partial charge >= 0.3 is 0 Å². The summed E-state index contributed by atoms with van der Waals surface area (Å²) in [5, 5.41) is 13.7. The van der Waals surface area contributed by atoms with Gasteiger partial charge < -0.3 is 10.4 Å². The average molecular weight is 321 g/mol. The fourth-order valence-corrected chi connectivity index (χ4v) is 2.19. The summed E-state index contributed by atoms with van der Waals surface area (Å²) in [4.78, 5) is 11.9. The highest BCUT2D eigenvalue weighted by Gasteiger charge is 2.15. The molecular weight excluding hydrogens is 305 g/mol. The molecule has 17 heavy (non-hydrogen) atoms. The first kappa shape index (κ1) is 14.3. The normalized spacial score (nSPS) is 12.2. The van der Waals surface area contributed by atoms with E-state index in [1.54, 1.807) is 6.07 Å². The van der Waals surface area contributed by atoms with Crippen LogP contribution in [0.4, 0.5) is 0 Å². The molecule has 5 heteroatoms. The zero-order valence-electron chi connectivity index (χ0n) is 9.54. The Morgan fingerprint density at radius 1 is 1.59 bits per heavy atom. The third-order valence-corrected chi connectivity index (χ3v) is 3.18. The second-order valence-electron chi connectivity index (χ2n) is 3.72. The number of phenols is 1. The van der Waals surface area contributed by atoms with Gasteiger partial charge in [-0.15, -0.1) is 0 Å². The molecule has 1 aromatic rings. The third kappa shape index (κ3) is 4.21. The van der Waals surface area contributed by atoms with Crippen molar-refractivity contribution in [1.82, 2.24) is 5.32 Å². The second-order valence-corrected chi connectivity index (χ2v) is 4.95. The Morgan fingerprint density at radius 2 is 2.29 bits per heavy atom. The molecule has 1 rings (SSSR count). The zero-order chi connectivity index (χ0) is 12.8. The minimum Gasteiger partial charge on any atom is -0.507 e. The lowest BCUT2D eigenvalue weighted by Crippen LogP contribution is -2.34. The molecule has 0 aliphatic carbocycles. The van der Waals surface area contributed by atoms with Crippen molar-refractivity contribution in [2.45, 2.75) is 25.8 Å². The summed E-state index contributed by atoms with van der Waals surface area (Å²) < 4.78 is 0. The number of aromatic hydroxyl groups is 1. The lowest BCUT2D eigenvalue weighted by atomic mass is 10.1. The summed E-state index contributed by atoms with van der Waals surface area (Å²) in [5.74, 6) is -0.349. The van der Waals surface area contributed by atoms with Crippen molar-refractivity contribution in [3.8, 4) is 5.75 Å². The summed E-state index contributed by atoms with van der Waals surface area (Å²) in [6, 6.07) is 4.53. The molecule has 2 N–H and O–H groups in total. The molecule has 1 unspecified atom stereocenters. The monoisotopic (exact) mass is 319 g/mol. The highest BCUT2D eigenvalue weighted by atomic mass is 79.9. The number of nitrogens with one attached hydrogen (secondary N) is 1. The number of hydrogen-bond donors (Lipinski definition) is 2. The fraction of sp³-hybridized carbons (Fsp3) is 0.417. The largest absolute Gasteiger partial charge is 0.507 e. The molecule has 0 radical (unpaired) electrons. The summed E-state index contributed by atoms with van der Waals surface area (Å²) in [5.41, 5.74) is 0.213. The molecule has 1 atom stereocenters. The zero-order valence-corrected chi connectivity index (χ0v) is 11.9. The quantitative estimate of drug-likeness (QED) is 0.818. The molecule has 0 aliphatic rings. The van der Waals surface area contributed by atoms with E-state index in [-0.39, 0.29) is 23.3 Å². The Bertz CT molecular complexity index is 398. The van der Waals surface area contributed by atoms with Gasteiger partial charge in [-0.2, -0.15) is 0 Å². The number of rotatable bonds is 5. The minimum atomic E-state index is -0.294. The van der Waals surface area contributed by atoms with Gasteiger partial charge in [0.1, 0.15) is 5.75 Å². The fourth-order valence-electron chi connectivity index (χ4n) is 1.46. The average Bonchev–Trinajstić information content (AvgIpc) is 2.31. The predicted octanol–water partition coefficient (Wildman–Crippen LogP) is 3.34. The van der Waals surface area contributed by atoms with Crippen molar-refractivity contribution < 1.29 is 9.90 Å². The first-order chi connectivity index (χ1) is 8.08. The predicted molar refractivity (Wildman–Crippen MR) is 73.1 cm³/mol. The second kappa shape index (κ2) is 6.87. The molecular formula is C12H15BrClNO2. The lowest BCUT2D eigenvalue weighted by Gasteiger charge is -2.16. The van der Waals surface area contributed by atoms with Crippen molar-refractivity contribution in [2.75, 3.05) is 5.33 Å². The summed E-state index contributed by atoms with van der Waals surface area (Å²) in [6.07, 6.45) is 1.70. The van der Waals surface area contributed by atoms with Crippen molar-refractivity contribution >= 4 is 33.4 Å². The van der Waals surface area contributed by atoms with Gasteiger partial charge in [0, 0.05) is 16.4 Å². The number of halogens is 2. The van der Waals surface area contributed by atoms with Gasteiger partial charge in [0.25, 0.3) is 5.91 Å². The number of carbonyl (C=O) groups is 1. The first-order valence-electron chi connectivity index (χ1n) is 5.43. The van der Waals surface area contributed by atoms with Gasteiger partial charge in [-0.25, -0.2) is 0 Å². The van der Waals surface area contributed by atoms with Gasteiger partial charge in [-0.1, -0.05) is 34.5 Å². The van der Waals surface area contributed by atoms with E-state index in [1.807, 2.05) is 6.92 Å². The van der Waals surface area contributed by atoms with Crippen molar-refractivity contribution in [2.24, 2.45) is 0 Å². The van der Waals surface area contributed by atoms with E-state index in [0.29, 0.717) is 5.02 Å². The van der Waals surface area contributed by atoms with E-state index in [4.69, 9.17) is 11.6 Å². The van der Waals surface area contributed by atoms with E-state index in [9.17, 15) is 9.90 Å². The van der Waals surface area contributed by atoms with Crippen LogP contribution in [0, 0.1) is 0 Å². The molecule has 1 aromatic carbocycles. The van der Waals surface area contributed by atoms with E-state index < -0.39 is 0 Å². The molecule has 3 nitrogen and oxygen atoms in total. The summed E-state index contributed by atoms with van der Waals surface area (Å²) in [6.45, 7) is 2.01. The Kier molecular flexibility index (Phi) is 5.78. The maximum absolute atomic E-state index is 11.9. The van der Waals surface area contributed by atoms with Gasteiger partial charge in [0.15, 0.2) is 0 Å². The van der Waals surface area contributed by atoms with Gasteiger partial charge in [-0.3, -0.25) is 4.79 Å². The maximum atomic E-state index is 11.9. The molecule has 94 valence electrons. The SMILES string of the molecule is CCC(CCBr)NC(=O)c1cc(Cl)ccc1O. The van der Waals surface area contributed by atoms with Crippen LogP contribution < -0.4 is 5.32 Å². The van der Waals surface area contributed by atoms with E-state index in [0.717, 1.165) is 18.2 Å². The summed E-state index contributed by atoms with van der Waals surface area (Å²) >= 11 is 9.14. The Hall–Kier alpha value is -0.740. The van der Waals surface area contributed by atoms with Crippen LogP contribution in [0.1, 0.15) is 30.1 Å². The number of amides is 1. The molecule has 0 fully saturated rings. The van der Waals surface area contributed by atoms with Crippen LogP contribution in [0.3, 0.4) is 0 Å². The number of benzene rings is 1. The number of carbonyl (C=O) groups excluding carboxylic acids is 1. The van der Waals surface area contributed by atoms with Crippen LogP contribution in [-0.4, -0.2) is 22.4 Å². The van der Waals surface area contributed by atoms with Crippen LogP contribution in [-0.2, 0) is 0 Å². The highest BCUT2D eigenvalue weighted by Crippen LogP contribution is 2.21. The van der Waals surface area contributed by atoms with Gasteiger partial charge in [0.2, 0.25) is 0 Å². The molecule has 0 saturated carbocycles. The molecule has 0 bridgehead atoms. The van der Waals surface area contributed by atoms with Crippen molar-refractivity contribution in [3.63, 3.8) is 0 Å². The van der Waals surface area contributed by atoms with Crippen LogP contribution in [0.25, 0.3) is 0 Å². The number of alkyl halides is 1. The lowest BCUT2D eigenvalue weighted by molar-refractivity contribution is 0.0932. The molecule has 0 aromatic heterocycles. The third-order valence-electron chi connectivity index (χ3n) is 2.49. The molecule has 0 saturated heterocycles. The van der Waals surface area contributed by atoms with E-state index in [1.165, 1.54) is 12.1 Å². The maximum Gasteiger partial charge on any atom is 0.255 e. The van der Waals surface area contributed by atoms with Gasteiger partial charge in [0.05, 0.1) is 5.56 Å². The van der Waals surface area contributed by atoms with Crippen LogP contribution >= 0.6 is 27.5 Å². The van der Waals surface area contributed by atoms with Crippen LogP contribution in [0.2, 0.25) is 5.02 Å².